The number of rotatable bonds is 4. The molecule has 3 N–H and O–H groups in total. The van der Waals surface area contributed by atoms with Crippen LogP contribution in [0.5, 0.6) is 0 Å². The second-order valence-electron chi connectivity index (χ2n) is 6.15. The van der Waals surface area contributed by atoms with Gasteiger partial charge in [0.05, 0.1) is 6.20 Å². The maximum atomic E-state index is 14.8. The van der Waals surface area contributed by atoms with Crippen molar-refractivity contribution >= 4 is 17.7 Å². The van der Waals surface area contributed by atoms with Crippen LogP contribution in [0.15, 0.2) is 35.5 Å². The summed E-state index contributed by atoms with van der Waals surface area (Å²) in [6.07, 6.45) is -2.81. The number of alkyl halides is 2. The highest BCUT2D eigenvalue weighted by Crippen LogP contribution is 2.37. The van der Waals surface area contributed by atoms with Crippen LogP contribution in [0.3, 0.4) is 0 Å². The average molecular weight is 397 g/mol. The number of ether oxygens (including phenoxy) is 1. The van der Waals surface area contributed by atoms with Gasteiger partial charge in [-0.1, -0.05) is 0 Å². The van der Waals surface area contributed by atoms with Crippen molar-refractivity contribution in [2.24, 2.45) is 10.7 Å². The predicted octanol–water partition coefficient (Wildman–Crippen LogP) is 2.24. The average Bonchev–Trinajstić information content (AvgIpc) is 2.66. The van der Waals surface area contributed by atoms with Gasteiger partial charge in [0.25, 0.3) is 11.9 Å². The van der Waals surface area contributed by atoms with Crippen molar-refractivity contribution in [1.29, 1.82) is 0 Å². The molecule has 0 saturated carbocycles. The van der Waals surface area contributed by atoms with Gasteiger partial charge in [-0.05, 0) is 31.2 Å². The van der Waals surface area contributed by atoms with Gasteiger partial charge in [-0.25, -0.2) is 32.5 Å². The SMILES string of the molecule is C[C@]1(c2nc(NC(=O)c3ccc(F)cn3)ccc2F)N=C(N)O[C@H](CF)[C@@H]1F. The molecular weight excluding hydrogens is 382 g/mol. The number of carbonyl (C=O) groups is 1. The lowest BCUT2D eigenvalue weighted by Gasteiger charge is -2.36. The summed E-state index contributed by atoms with van der Waals surface area (Å²) in [4.78, 5) is 23.5. The normalized spacial score (nSPS) is 24.2. The van der Waals surface area contributed by atoms with E-state index in [2.05, 4.69) is 20.3 Å². The molecule has 1 amide bonds. The number of pyridine rings is 2. The number of aromatic nitrogens is 2. The quantitative estimate of drug-likeness (QED) is 0.771. The molecule has 2 aromatic heterocycles. The number of nitrogens with two attached hydrogens (primary N) is 1. The van der Waals surface area contributed by atoms with E-state index in [0.717, 1.165) is 30.5 Å². The standard InChI is InChI=1S/C17H15F4N5O2/c1-17(13(21)11(6-18)28-16(22)26-17)14-9(20)3-5-12(24-14)25-15(27)10-4-2-8(19)7-23-10/h2-5,7,11,13H,6H2,1H3,(H2,22,26)(H,24,25,27)/t11-,13+,17+/m1/s1. The molecule has 3 rings (SSSR count). The van der Waals surface area contributed by atoms with E-state index >= 15 is 0 Å². The monoisotopic (exact) mass is 397 g/mol. The number of halogens is 4. The van der Waals surface area contributed by atoms with E-state index < -0.39 is 53.7 Å². The largest absolute Gasteiger partial charge is 0.456 e. The third-order valence-electron chi connectivity index (χ3n) is 4.16. The first-order valence-electron chi connectivity index (χ1n) is 8.06. The first kappa shape index (κ1) is 19.5. The van der Waals surface area contributed by atoms with Crippen LogP contribution in [0.25, 0.3) is 0 Å². The molecule has 7 nitrogen and oxygen atoms in total. The van der Waals surface area contributed by atoms with Crippen LogP contribution < -0.4 is 11.1 Å². The summed E-state index contributed by atoms with van der Waals surface area (Å²) in [6.45, 7) is -0.0183. The minimum absolute atomic E-state index is 0.116. The number of hydrogen-bond donors (Lipinski definition) is 2. The summed E-state index contributed by atoms with van der Waals surface area (Å²) in [5.41, 5.74) is 2.89. The number of aliphatic imine (C=N–C) groups is 1. The summed E-state index contributed by atoms with van der Waals surface area (Å²) in [5, 5.41) is 2.34. The van der Waals surface area contributed by atoms with Crippen LogP contribution in [0, 0.1) is 11.6 Å². The fourth-order valence-corrected chi connectivity index (χ4v) is 2.74. The zero-order chi connectivity index (χ0) is 20.5. The number of amides is 1. The molecule has 0 unspecified atom stereocenters. The van der Waals surface area contributed by atoms with Crippen LogP contribution in [0.2, 0.25) is 0 Å². The van der Waals surface area contributed by atoms with E-state index in [0.29, 0.717) is 0 Å². The third kappa shape index (κ3) is 3.59. The molecule has 3 heterocycles. The Hall–Kier alpha value is -3.24. The van der Waals surface area contributed by atoms with Gasteiger partial charge in [-0.2, -0.15) is 0 Å². The number of carbonyl (C=O) groups excluding carboxylic acids is 1. The molecule has 28 heavy (non-hydrogen) atoms. The van der Waals surface area contributed by atoms with E-state index in [1.807, 2.05) is 0 Å². The Kier molecular flexibility index (Phi) is 5.16. The van der Waals surface area contributed by atoms with Crippen LogP contribution in [0.1, 0.15) is 23.1 Å². The molecule has 11 heteroatoms. The number of anilines is 1. The Morgan fingerprint density at radius 3 is 2.71 bits per heavy atom. The van der Waals surface area contributed by atoms with Crippen molar-refractivity contribution < 1.29 is 27.1 Å². The molecule has 0 saturated heterocycles. The van der Waals surface area contributed by atoms with Gasteiger partial charge in [0, 0.05) is 0 Å². The number of hydrogen-bond acceptors (Lipinski definition) is 6. The van der Waals surface area contributed by atoms with Gasteiger partial charge in [0.15, 0.2) is 12.3 Å². The Morgan fingerprint density at radius 2 is 2.07 bits per heavy atom. The minimum Gasteiger partial charge on any atom is -0.456 e. The Bertz CT molecular complexity index is 924. The van der Waals surface area contributed by atoms with Crippen molar-refractivity contribution in [3.05, 3.63) is 53.5 Å². The van der Waals surface area contributed by atoms with E-state index in [9.17, 15) is 22.4 Å². The maximum absolute atomic E-state index is 14.8. The maximum Gasteiger partial charge on any atom is 0.283 e. The van der Waals surface area contributed by atoms with Crippen molar-refractivity contribution in [3.8, 4) is 0 Å². The predicted molar refractivity (Wildman–Crippen MR) is 91.1 cm³/mol. The smallest absolute Gasteiger partial charge is 0.283 e. The number of amidine groups is 1. The Balaban J connectivity index is 1.94. The summed E-state index contributed by atoms with van der Waals surface area (Å²) < 4.78 is 59.9. The second kappa shape index (κ2) is 7.41. The first-order valence-corrected chi connectivity index (χ1v) is 8.06. The number of nitrogens with one attached hydrogen (secondary N) is 1. The van der Waals surface area contributed by atoms with Gasteiger partial charge in [-0.15, -0.1) is 0 Å². The zero-order valence-electron chi connectivity index (χ0n) is 14.5. The van der Waals surface area contributed by atoms with Crippen LogP contribution >= 0.6 is 0 Å². The van der Waals surface area contributed by atoms with Crippen LogP contribution in [0.4, 0.5) is 23.4 Å². The molecule has 148 valence electrons. The molecule has 0 fully saturated rings. The van der Waals surface area contributed by atoms with Crippen molar-refractivity contribution in [2.45, 2.75) is 24.7 Å². The molecule has 1 aliphatic rings. The summed E-state index contributed by atoms with van der Waals surface area (Å²) in [6, 6.07) is 3.75. The molecule has 0 radical (unpaired) electrons. The molecule has 1 aliphatic heterocycles. The summed E-state index contributed by atoms with van der Waals surface area (Å²) >= 11 is 0. The summed E-state index contributed by atoms with van der Waals surface area (Å²) in [7, 11) is 0. The van der Waals surface area contributed by atoms with Crippen molar-refractivity contribution in [2.75, 3.05) is 12.0 Å². The zero-order valence-corrected chi connectivity index (χ0v) is 14.5. The number of nitrogens with zero attached hydrogens (tertiary/aromatic N) is 3. The van der Waals surface area contributed by atoms with Crippen molar-refractivity contribution in [1.82, 2.24) is 9.97 Å². The molecule has 0 aliphatic carbocycles. The van der Waals surface area contributed by atoms with Gasteiger partial charge in [0.2, 0.25) is 0 Å². The van der Waals surface area contributed by atoms with Gasteiger partial charge >= 0.3 is 0 Å². The van der Waals surface area contributed by atoms with E-state index in [1.54, 1.807) is 0 Å². The van der Waals surface area contributed by atoms with E-state index in [1.165, 1.54) is 6.92 Å². The second-order valence-corrected chi connectivity index (χ2v) is 6.15. The molecule has 0 aromatic carbocycles. The lowest BCUT2D eigenvalue weighted by Crippen LogP contribution is -2.51. The molecule has 0 bridgehead atoms. The molecular formula is C17H15F4N5O2. The topological polar surface area (TPSA) is 102 Å². The van der Waals surface area contributed by atoms with Crippen LogP contribution in [-0.4, -0.2) is 40.8 Å². The first-order chi connectivity index (χ1) is 13.2. The molecule has 2 aromatic rings. The minimum atomic E-state index is -2.09. The van der Waals surface area contributed by atoms with E-state index in [4.69, 9.17) is 10.5 Å². The summed E-state index contributed by atoms with van der Waals surface area (Å²) in [5.74, 6) is -2.45. The van der Waals surface area contributed by atoms with Gasteiger partial charge < -0.3 is 15.8 Å². The molecule has 0 spiro atoms. The lowest BCUT2D eigenvalue weighted by molar-refractivity contribution is 0.00315. The third-order valence-corrected chi connectivity index (χ3v) is 4.16. The highest BCUT2D eigenvalue weighted by Gasteiger charge is 2.49. The highest BCUT2D eigenvalue weighted by molar-refractivity contribution is 6.02. The molecule has 3 atom stereocenters. The van der Waals surface area contributed by atoms with Crippen LogP contribution in [-0.2, 0) is 10.3 Å². The van der Waals surface area contributed by atoms with Gasteiger partial charge in [-0.3, -0.25) is 4.79 Å². The lowest BCUT2D eigenvalue weighted by atomic mass is 9.87. The van der Waals surface area contributed by atoms with E-state index in [-0.39, 0.29) is 11.5 Å². The van der Waals surface area contributed by atoms with Gasteiger partial charge in [0.1, 0.15) is 41.1 Å². The Labute approximate surface area is 156 Å². The fraction of sp³-hybridized carbons (Fsp3) is 0.294. The van der Waals surface area contributed by atoms with Crippen molar-refractivity contribution in [3.63, 3.8) is 0 Å². The Morgan fingerprint density at radius 1 is 1.32 bits per heavy atom. The highest BCUT2D eigenvalue weighted by atomic mass is 19.1. The fourth-order valence-electron chi connectivity index (χ4n) is 2.74.